The number of benzene rings is 9. The lowest BCUT2D eigenvalue weighted by Crippen LogP contribution is -2.15. The minimum Gasteiger partial charge on any atom is -0.310 e. The Morgan fingerprint density at radius 2 is 0.867 bits per heavy atom. The van der Waals surface area contributed by atoms with Gasteiger partial charge in [0.2, 0.25) is 0 Å². The Kier molecular flexibility index (Phi) is 7.97. The van der Waals surface area contributed by atoms with Crippen molar-refractivity contribution in [3.8, 4) is 11.4 Å². The number of aryl methyl sites for hydroxylation is 1. The van der Waals surface area contributed by atoms with Crippen molar-refractivity contribution in [2.45, 2.75) is 16.7 Å². The van der Waals surface area contributed by atoms with Gasteiger partial charge in [0.15, 0.2) is 0 Å². The number of anilines is 6. The van der Waals surface area contributed by atoms with Crippen LogP contribution >= 0.6 is 11.8 Å². The molecule has 0 saturated carbocycles. The van der Waals surface area contributed by atoms with Crippen LogP contribution in [0.4, 0.5) is 34.1 Å². The van der Waals surface area contributed by atoms with E-state index in [9.17, 15) is 0 Å². The van der Waals surface area contributed by atoms with Crippen LogP contribution < -0.4 is 9.80 Å². The van der Waals surface area contributed by atoms with Crippen LogP contribution in [0.15, 0.2) is 222 Å². The van der Waals surface area contributed by atoms with Gasteiger partial charge in [-0.25, -0.2) is 0 Å². The lowest BCUT2D eigenvalue weighted by molar-refractivity contribution is 1.14. The molecule has 9 aromatic carbocycles. The molecule has 0 saturated heterocycles. The van der Waals surface area contributed by atoms with Crippen molar-refractivity contribution in [3.63, 3.8) is 0 Å². The molecule has 11 aromatic rings. The molecular formula is C55H38N4S. The average Bonchev–Trinajstić information content (AvgIpc) is 3.83. The third kappa shape index (κ3) is 5.40. The Hall–Kier alpha value is -7.47. The highest BCUT2D eigenvalue weighted by atomic mass is 32.2. The van der Waals surface area contributed by atoms with Gasteiger partial charge in [0, 0.05) is 59.8 Å². The zero-order valence-corrected chi connectivity index (χ0v) is 33.7. The summed E-state index contributed by atoms with van der Waals surface area (Å²) in [5.74, 6) is 0. The van der Waals surface area contributed by atoms with E-state index in [1.54, 1.807) is 0 Å². The van der Waals surface area contributed by atoms with Gasteiger partial charge >= 0.3 is 0 Å². The van der Waals surface area contributed by atoms with Crippen molar-refractivity contribution in [2.75, 3.05) is 9.80 Å². The Morgan fingerprint density at radius 1 is 0.383 bits per heavy atom. The predicted octanol–water partition coefficient (Wildman–Crippen LogP) is 15.6. The van der Waals surface area contributed by atoms with Crippen molar-refractivity contribution >= 4 is 89.5 Å². The third-order valence-electron chi connectivity index (χ3n) is 11.9. The van der Waals surface area contributed by atoms with E-state index in [1.165, 1.54) is 59.3 Å². The number of nitrogens with zero attached hydrogens (tertiary/aromatic N) is 4. The van der Waals surface area contributed by atoms with E-state index in [1.807, 2.05) is 11.8 Å². The maximum absolute atomic E-state index is 2.44. The molecule has 0 N–H and O–H groups in total. The van der Waals surface area contributed by atoms with Gasteiger partial charge in [-0.2, -0.15) is 0 Å². The van der Waals surface area contributed by atoms with Gasteiger partial charge in [-0.15, -0.1) is 0 Å². The molecule has 284 valence electrons. The molecule has 0 aliphatic carbocycles. The van der Waals surface area contributed by atoms with Gasteiger partial charge in [0.1, 0.15) is 0 Å². The number of para-hydroxylation sites is 5. The Bertz CT molecular complexity index is 3330. The minimum atomic E-state index is 1.09. The van der Waals surface area contributed by atoms with E-state index in [4.69, 9.17) is 0 Å². The van der Waals surface area contributed by atoms with Crippen LogP contribution in [0.2, 0.25) is 0 Å². The van der Waals surface area contributed by atoms with Crippen LogP contribution in [0.3, 0.4) is 0 Å². The maximum Gasteiger partial charge on any atom is 0.0601 e. The maximum atomic E-state index is 2.44. The fourth-order valence-corrected chi connectivity index (χ4v) is 10.3. The molecule has 0 unspecified atom stereocenters. The van der Waals surface area contributed by atoms with Crippen molar-refractivity contribution < 1.29 is 0 Å². The molecule has 0 spiro atoms. The van der Waals surface area contributed by atoms with Crippen LogP contribution in [-0.4, -0.2) is 9.13 Å². The molecule has 0 amide bonds. The van der Waals surface area contributed by atoms with Crippen molar-refractivity contribution in [2.24, 2.45) is 0 Å². The van der Waals surface area contributed by atoms with E-state index < -0.39 is 0 Å². The molecule has 2 aromatic heterocycles. The summed E-state index contributed by atoms with van der Waals surface area (Å²) in [5, 5.41) is 4.93. The van der Waals surface area contributed by atoms with Crippen molar-refractivity contribution in [1.29, 1.82) is 0 Å². The molecular weight excluding hydrogens is 749 g/mol. The molecule has 60 heavy (non-hydrogen) atoms. The van der Waals surface area contributed by atoms with Gasteiger partial charge in [0.05, 0.1) is 39.1 Å². The van der Waals surface area contributed by atoms with E-state index in [0.717, 1.165) is 45.2 Å². The second-order valence-electron chi connectivity index (χ2n) is 15.5. The van der Waals surface area contributed by atoms with Crippen LogP contribution in [0.1, 0.15) is 5.56 Å². The standard InChI is InChI=1S/C55H38N4S/c1-37-28-30-38(31-29-37)56(39-32-34-40(35-33-39)57-46-19-5-2-16-43(46)44-17-3-6-20-47(44)57)51-24-13-25-52-55(51)45-18-4-7-21-48(45)58(52)41-14-12-15-42(36-41)59-49-22-8-10-26-53(49)60-54-27-11-9-23-50(54)59/h2-36H,1H3. The Morgan fingerprint density at radius 3 is 1.52 bits per heavy atom. The first-order valence-corrected chi connectivity index (χ1v) is 21.3. The van der Waals surface area contributed by atoms with Crippen molar-refractivity contribution in [1.82, 2.24) is 9.13 Å². The average molecular weight is 787 g/mol. The number of fused-ring (bicyclic) bond motifs is 8. The summed E-state index contributed by atoms with van der Waals surface area (Å²) in [6.07, 6.45) is 0. The second kappa shape index (κ2) is 13.8. The molecule has 3 heterocycles. The SMILES string of the molecule is Cc1ccc(N(c2ccc(-n3c4ccccc4c4ccccc43)cc2)c2cccc3c2c2ccccc2n3-c2cccc(N3c4ccccc4Sc4ccccc43)c2)cc1. The van der Waals surface area contributed by atoms with E-state index in [2.05, 4.69) is 238 Å². The summed E-state index contributed by atoms with van der Waals surface area (Å²) < 4.78 is 4.82. The molecule has 0 bridgehead atoms. The highest BCUT2D eigenvalue weighted by Gasteiger charge is 2.26. The molecule has 5 heteroatoms. The van der Waals surface area contributed by atoms with Gasteiger partial charge in [0.25, 0.3) is 0 Å². The third-order valence-corrected chi connectivity index (χ3v) is 13.1. The topological polar surface area (TPSA) is 16.3 Å². The fraction of sp³-hybridized carbons (Fsp3) is 0.0182. The van der Waals surface area contributed by atoms with Crippen LogP contribution in [0, 0.1) is 6.92 Å². The monoisotopic (exact) mass is 786 g/mol. The first-order valence-electron chi connectivity index (χ1n) is 20.4. The largest absolute Gasteiger partial charge is 0.310 e. The number of hydrogen-bond acceptors (Lipinski definition) is 3. The Labute approximate surface area is 352 Å². The number of rotatable bonds is 6. The smallest absolute Gasteiger partial charge is 0.0601 e. The molecule has 0 radical (unpaired) electrons. The molecule has 0 fully saturated rings. The summed E-state index contributed by atoms with van der Waals surface area (Å²) in [6, 6.07) is 77.4. The van der Waals surface area contributed by atoms with E-state index >= 15 is 0 Å². The summed E-state index contributed by atoms with van der Waals surface area (Å²) in [7, 11) is 0. The molecule has 1 aliphatic rings. The first kappa shape index (κ1) is 34.6. The summed E-state index contributed by atoms with van der Waals surface area (Å²) in [4.78, 5) is 7.33. The van der Waals surface area contributed by atoms with Gasteiger partial charge in [-0.1, -0.05) is 120 Å². The lowest BCUT2D eigenvalue weighted by atomic mass is 10.1. The Balaban J connectivity index is 1.04. The molecule has 1 aliphatic heterocycles. The summed E-state index contributed by atoms with van der Waals surface area (Å²) in [6.45, 7) is 2.15. The minimum absolute atomic E-state index is 1.09. The van der Waals surface area contributed by atoms with Gasteiger partial charge in [-0.3, -0.25) is 0 Å². The van der Waals surface area contributed by atoms with Crippen LogP contribution in [0.25, 0.3) is 55.0 Å². The first-order chi connectivity index (χ1) is 29.7. The summed E-state index contributed by atoms with van der Waals surface area (Å²) >= 11 is 1.84. The summed E-state index contributed by atoms with van der Waals surface area (Å²) in [5.41, 5.74) is 15.0. The predicted molar refractivity (Wildman–Crippen MR) is 253 cm³/mol. The van der Waals surface area contributed by atoms with E-state index in [0.29, 0.717) is 0 Å². The molecule has 4 nitrogen and oxygen atoms in total. The fourth-order valence-electron chi connectivity index (χ4n) is 9.29. The van der Waals surface area contributed by atoms with Crippen molar-refractivity contribution in [3.05, 3.63) is 218 Å². The molecule has 0 atom stereocenters. The normalized spacial score (nSPS) is 12.3. The van der Waals surface area contributed by atoms with Crippen LogP contribution in [0.5, 0.6) is 0 Å². The number of hydrogen-bond donors (Lipinski definition) is 0. The van der Waals surface area contributed by atoms with Gasteiger partial charge < -0.3 is 18.9 Å². The van der Waals surface area contributed by atoms with E-state index in [-0.39, 0.29) is 0 Å². The molecule has 12 rings (SSSR count). The van der Waals surface area contributed by atoms with Gasteiger partial charge in [-0.05, 0) is 116 Å². The van der Waals surface area contributed by atoms with Crippen LogP contribution in [-0.2, 0) is 0 Å². The highest BCUT2D eigenvalue weighted by Crippen LogP contribution is 2.52. The zero-order valence-electron chi connectivity index (χ0n) is 32.9. The number of aromatic nitrogens is 2. The quantitative estimate of drug-likeness (QED) is 0.167. The zero-order chi connectivity index (χ0) is 39.7. The second-order valence-corrected chi connectivity index (χ2v) is 16.6. The highest BCUT2D eigenvalue weighted by molar-refractivity contribution is 7.99. The lowest BCUT2D eigenvalue weighted by Gasteiger charge is -2.33.